The van der Waals surface area contributed by atoms with Gasteiger partial charge in [-0.05, 0) is 23.6 Å². The maximum absolute atomic E-state index is 12.5. The Hall–Kier alpha value is -3.22. The molecule has 140 valence electrons. The minimum Gasteiger partial charge on any atom is -0.483 e. The molecule has 2 aliphatic rings. The number of nitrogens with zero attached hydrogens (tertiary/aromatic N) is 3. The molecule has 2 aromatic rings. The number of benzene rings is 1. The summed E-state index contributed by atoms with van der Waals surface area (Å²) >= 11 is 0. The molecule has 0 aliphatic carbocycles. The van der Waals surface area contributed by atoms with E-state index in [0.29, 0.717) is 29.7 Å². The van der Waals surface area contributed by atoms with Gasteiger partial charge in [0, 0.05) is 18.1 Å². The summed E-state index contributed by atoms with van der Waals surface area (Å²) in [5.74, 6) is 0.376. The van der Waals surface area contributed by atoms with Gasteiger partial charge in [0.15, 0.2) is 6.61 Å². The molecule has 1 N–H and O–H groups in total. The monoisotopic (exact) mass is 378 g/mol. The molecule has 27 heavy (non-hydrogen) atoms. The standard InChI is InChI=1S/C17H13F3N4O3/c18-17(19,20)8-26-13-4-11-9(3-10(13)5-21)1-2-22-15(11)24-6-12-14(7-24)27-16(25)23-12/h1-4,12,14H,6-8H2,(H,23,25)/t12-,14+/m1/s1. The number of aromatic nitrogens is 1. The van der Waals surface area contributed by atoms with E-state index in [2.05, 4.69) is 10.3 Å². The molecule has 2 fully saturated rings. The highest BCUT2D eigenvalue weighted by Crippen LogP contribution is 2.34. The van der Waals surface area contributed by atoms with Crippen molar-refractivity contribution in [3.8, 4) is 11.8 Å². The molecule has 0 unspecified atom stereocenters. The summed E-state index contributed by atoms with van der Waals surface area (Å²) in [6, 6.07) is 6.22. The van der Waals surface area contributed by atoms with E-state index in [1.165, 1.54) is 12.1 Å². The highest BCUT2D eigenvalue weighted by atomic mass is 19.4. The topological polar surface area (TPSA) is 87.5 Å². The largest absolute Gasteiger partial charge is 0.483 e. The molecule has 1 aromatic carbocycles. The summed E-state index contributed by atoms with van der Waals surface area (Å²) in [5, 5.41) is 13.1. The predicted octanol–water partition coefficient (Wildman–Crippen LogP) is 2.34. The zero-order valence-electron chi connectivity index (χ0n) is 13.8. The van der Waals surface area contributed by atoms with Gasteiger partial charge in [0.25, 0.3) is 0 Å². The number of fused-ring (bicyclic) bond motifs is 2. The quantitative estimate of drug-likeness (QED) is 0.882. The third-order valence-electron chi connectivity index (χ3n) is 4.48. The maximum Gasteiger partial charge on any atom is 0.422 e. The molecule has 0 radical (unpaired) electrons. The number of carbonyl (C=O) groups excluding carboxylic acids is 1. The van der Waals surface area contributed by atoms with E-state index in [9.17, 15) is 23.2 Å². The number of nitriles is 1. The Kier molecular flexibility index (Phi) is 3.95. The van der Waals surface area contributed by atoms with Gasteiger partial charge in [-0.15, -0.1) is 0 Å². The number of alkyl halides is 3. The third-order valence-corrected chi connectivity index (χ3v) is 4.48. The second-order valence-corrected chi connectivity index (χ2v) is 6.32. The van der Waals surface area contributed by atoms with Crippen molar-refractivity contribution in [2.75, 3.05) is 24.6 Å². The van der Waals surface area contributed by atoms with Gasteiger partial charge in [-0.3, -0.25) is 0 Å². The first kappa shape index (κ1) is 17.2. The van der Waals surface area contributed by atoms with Crippen LogP contribution in [-0.4, -0.2) is 49.1 Å². The zero-order valence-corrected chi connectivity index (χ0v) is 13.8. The molecule has 0 bridgehead atoms. The van der Waals surface area contributed by atoms with Crippen LogP contribution in [0.5, 0.6) is 5.75 Å². The van der Waals surface area contributed by atoms with Crippen molar-refractivity contribution in [1.29, 1.82) is 5.26 Å². The van der Waals surface area contributed by atoms with Crippen LogP contribution in [0, 0.1) is 11.3 Å². The first-order valence-corrected chi connectivity index (χ1v) is 8.08. The fourth-order valence-corrected chi connectivity index (χ4v) is 3.33. The molecule has 3 heterocycles. The van der Waals surface area contributed by atoms with Crippen molar-refractivity contribution in [3.63, 3.8) is 0 Å². The lowest BCUT2D eigenvalue weighted by atomic mass is 10.1. The van der Waals surface area contributed by atoms with Crippen LogP contribution in [-0.2, 0) is 4.74 Å². The third kappa shape index (κ3) is 3.28. The van der Waals surface area contributed by atoms with Crippen LogP contribution in [0.1, 0.15) is 5.56 Å². The van der Waals surface area contributed by atoms with Gasteiger partial charge in [0.05, 0.1) is 18.2 Å². The van der Waals surface area contributed by atoms with Gasteiger partial charge in [-0.2, -0.15) is 18.4 Å². The normalized spacial score (nSPS) is 21.6. The molecule has 0 saturated carbocycles. The average Bonchev–Trinajstić information content (AvgIpc) is 3.15. The van der Waals surface area contributed by atoms with Gasteiger partial charge in [-0.1, -0.05) is 0 Å². The smallest absolute Gasteiger partial charge is 0.422 e. The molecule has 0 spiro atoms. The predicted molar refractivity (Wildman–Crippen MR) is 87.4 cm³/mol. The second-order valence-electron chi connectivity index (χ2n) is 6.32. The summed E-state index contributed by atoms with van der Waals surface area (Å²) in [7, 11) is 0. The zero-order chi connectivity index (χ0) is 19.2. The van der Waals surface area contributed by atoms with Crippen LogP contribution in [0.25, 0.3) is 10.8 Å². The molecule has 2 saturated heterocycles. The number of ether oxygens (including phenoxy) is 2. The van der Waals surface area contributed by atoms with Crippen LogP contribution in [0.2, 0.25) is 0 Å². The van der Waals surface area contributed by atoms with E-state index >= 15 is 0 Å². The maximum atomic E-state index is 12.5. The minimum atomic E-state index is -4.51. The Balaban J connectivity index is 1.70. The number of rotatable bonds is 3. The molecule has 2 atom stereocenters. The molecule has 1 aromatic heterocycles. The van der Waals surface area contributed by atoms with Crippen molar-refractivity contribution in [1.82, 2.24) is 10.3 Å². The molecule has 4 rings (SSSR count). The first-order chi connectivity index (χ1) is 12.8. The van der Waals surface area contributed by atoms with Crippen LogP contribution in [0.15, 0.2) is 24.4 Å². The molecule has 10 heteroatoms. The number of hydrogen-bond donors (Lipinski definition) is 1. The Morgan fingerprint density at radius 1 is 1.41 bits per heavy atom. The van der Waals surface area contributed by atoms with Crippen molar-refractivity contribution in [3.05, 3.63) is 30.0 Å². The number of pyridine rings is 1. The van der Waals surface area contributed by atoms with Gasteiger partial charge in [0.2, 0.25) is 0 Å². The summed E-state index contributed by atoms with van der Waals surface area (Å²) in [4.78, 5) is 17.5. The lowest BCUT2D eigenvalue weighted by Crippen LogP contribution is -2.32. The lowest BCUT2D eigenvalue weighted by molar-refractivity contribution is -0.153. The summed E-state index contributed by atoms with van der Waals surface area (Å²) in [5.41, 5.74) is 0.0118. The van der Waals surface area contributed by atoms with Gasteiger partial charge in [0.1, 0.15) is 23.7 Å². The van der Waals surface area contributed by atoms with Gasteiger partial charge in [-0.25, -0.2) is 9.78 Å². The lowest BCUT2D eigenvalue weighted by Gasteiger charge is -2.20. The number of alkyl carbamates (subject to hydrolysis) is 1. The Morgan fingerprint density at radius 2 is 2.22 bits per heavy atom. The Morgan fingerprint density at radius 3 is 2.93 bits per heavy atom. The minimum absolute atomic E-state index is 0.0118. The average molecular weight is 378 g/mol. The molecule has 1 amide bonds. The number of carbonyl (C=O) groups is 1. The summed E-state index contributed by atoms with van der Waals surface area (Å²) in [6.45, 7) is -0.619. The van der Waals surface area contributed by atoms with E-state index in [1.54, 1.807) is 12.3 Å². The van der Waals surface area contributed by atoms with Gasteiger partial charge < -0.3 is 19.7 Å². The van der Waals surface area contributed by atoms with Crippen molar-refractivity contribution in [2.24, 2.45) is 0 Å². The molecule has 2 aliphatic heterocycles. The fraction of sp³-hybridized carbons (Fsp3) is 0.353. The molecule has 7 nitrogen and oxygen atoms in total. The van der Waals surface area contributed by atoms with E-state index < -0.39 is 18.9 Å². The molecular formula is C17H13F3N4O3. The van der Waals surface area contributed by atoms with Crippen LogP contribution >= 0.6 is 0 Å². The van der Waals surface area contributed by atoms with Crippen molar-refractivity contribution in [2.45, 2.75) is 18.3 Å². The highest BCUT2D eigenvalue weighted by molar-refractivity contribution is 5.94. The Labute approximate surface area is 151 Å². The number of nitrogens with one attached hydrogen (secondary N) is 1. The summed E-state index contributed by atoms with van der Waals surface area (Å²) < 4.78 is 47.5. The highest BCUT2D eigenvalue weighted by Gasteiger charge is 2.42. The van der Waals surface area contributed by atoms with Crippen molar-refractivity contribution >= 4 is 22.7 Å². The van der Waals surface area contributed by atoms with Crippen LogP contribution < -0.4 is 15.0 Å². The van der Waals surface area contributed by atoms with E-state index in [-0.39, 0.29) is 23.5 Å². The van der Waals surface area contributed by atoms with Crippen LogP contribution in [0.3, 0.4) is 0 Å². The fourth-order valence-electron chi connectivity index (χ4n) is 3.33. The first-order valence-electron chi connectivity index (χ1n) is 8.08. The van der Waals surface area contributed by atoms with E-state index in [4.69, 9.17) is 9.47 Å². The number of hydrogen-bond acceptors (Lipinski definition) is 6. The number of amides is 1. The summed E-state index contributed by atoms with van der Waals surface area (Å²) in [6.07, 6.45) is -3.73. The van der Waals surface area contributed by atoms with E-state index in [1.807, 2.05) is 11.0 Å². The van der Waals surface area contributed by atoms with Crippen LogP contribution in [0.4, 0.5) is 23.8 Å². The van der Waals surface area contributed by atoms with Gasteiger partial charge >= 0.3 is 12.3 Å². The SMILES string of the molecule is N#Cc1cc2ccnc(N3C[C@@H]4OC(=O)N[C@@H]4C3)c2cc1OCC(F)(F)F. The number of anilines is 1. The number of halogens is 3. The Bertz CT molecular complexity index is 941. The van der Waals surface area contributed by atoms with Crippen molar-refractivity contribution < 1.29 is 27.4 Å². The van der Waals surface area contributed by atoms with E-state index in [0.717, 1.165) is 0 Å². The second kappa shape index (κ2) is 6.19. The molecular weight excluding hydrogens is 365 g/mol.